The highest BCUT2D eigenvalue weighted by Crippen LogP contribution is 2.06. The molecule has 0 aromatic rings. The van der Waals surface area contributed by atoms with Crippen molar-refractivity contribution in [2.75, 3.05) is 0 Å². The van der Waals surface area contributed by atoms with Gasteiger partial charge in [0.25, 0.3) is 0 Å². The van der Waals surface area contributed by atoms with E-state index in [0.717, 1.165) is 51.4 Å². The number of aliphatic carboxylic acids is 1. The van der Waals surface area contributed by atoms with Crippen molar-refractivity contribution in [3.63, 3.8) is 0 Å². The molecule has 0 fully saturated rings. The van der Waals surface area contributed by atoms with Gasteiger partial charge in [0.2, 0.25) is 0 Å². The van der Waals surface area contributed by atoms with E-state index in [4.69, 9.17) is 5.11 Å². The molecule has 0 saturated carbocycles. The fraction of sp³-hybridized carbons (Fsp3) is 0.611. The van der Waals surface area contributed by atoms with Crippen LogP contribution >= 0.6 is 0 Å². The molecule has 0 atom stereocenters. The minimum absolute atomic E-state index is 0.315. The molecule has 0 spiro atoms. The van der Waals surface area contributed by atoms with Crippen molar-refractivity contribution in [2.24, 2.45) is 0 Å². The molecule has 1 N–H and O–H groups in total. The molecule has 114 valence electrons. The van der Waals surface area contributed by atoms with Crippen molar-refractivity contribution in [1.29, 1.82) is 0 Å². The van der Waals surface area contributed by atoms with E-state index in [2.05, 4.69) is 43.4 Å². The van der Waals surface area contributed by atoms with Crippen LogP contribution in [0.25, 0.3) is 0 Å². The van der Waals surface area contributed by atoms with Gasteiger partial charge in [0.1, 0.15) is 0 Å². The zero-order valence-corrected chi connectivity index (χ0v) is 12.9. The second-order valence-electron chi connectivity index (χ2n) is 4.98. The number of unbranched alkanes of at least 4 members (excludes halogenated alkanes) is 5. The Morgan fingerprint density at radius 1 is 0.800 bits per heavy atom. The molecule has 0 aromatic carbocycles. The Hall–Kier alpha value is -1.31. The minimum Gasteiger partial charge on any atom is -0.481 e. The van der Waals surface area contributed by atoms with Gasteiger partial charge in [-0.05, 0) is 44.9 Å². The van der Waals surface area contributed by atoms with Crippen LogP contribution in [-0.2, 0) is 4.79 Å². The van der Waals surface area contributed by atoms with Crippen molar-refractivity contribution in [1.82, 2.24) is 0 Å². The average molecular weight is 278 g/mol. The molecule has 0 amide bonds. The second kappa shape index (κ2) is 15.7. The molecule has 0 heterocycles. The van der Waals surface area contributed by atoms with Crippen molar-refractivity contribution in [3.05, 3.63) is 36.5 Å². The third-order valence-corrected chi connectivity index (χ3v) is 3.02. The molecule has 2 nitrogen and oxygen atoms in total. The largest absolute Gasteiger partial charge is 0.481 e. The summed E-state index contributed by atoms with van der Waals surface area (Å²) in [6.45, 7) is 2.15. The van der Waals surface area contributed by atoms with Crippen LogP contribution in [0, 0.1) is 0 Å². The summed E-state index contributed by atoms with van der Waals surface area (Å²) in [6, 6.07) is 0. The first-order chi connectivity index (χ1) is 9.77. The SMILES string of the molecule is CC/C=C/C/C=C/CC/C=C/CCCCCCC(=O)O. The minimum atomic E-state index is -0.678. The van der Waals surface area contributed by atoms with E-state index in [1.165, 1.54) is 6.42 Å². The normalized spacial score (nSPS) is 12.1. The van der Waals surface area contributed by atoms with E-state index in [-0.39, 0.29) is 0 Å². The fourth-order valence-corrected chi connectivity index (χ4v) is 1.88. The summed E-state index contributed by atoms with van der Waals surface area (Å²) < 4.78 is 0. The van der Waals surface area contributed by atoms with Crippen molar-refractivity contribution in [2.45, 2.75) is 71.1 Å². The van der Waals surface area contributed by atoms with E-state index in [1.807, 2.05) is 0 Å². The quantitative estimate of drug-likeness (QED) is 0.348. The van der Waals surface area contributed by atoms with Gasteiger partial charge in [0, 0.05) is 6.42 Å². The lowest BCUT2D eigenvalue weighted by atomic mass is 10.1. The van der Waals surface area contributed by atoms with Crippen molar-refractivity contribution >= 4 is 5.97 Å². The van der Waals surface area contributed by atoms with Gasteiger partial charge in [-0.25, -0.2) is 0 Å². The summed E-state index contributed by atoms with van der Waals surface area (Å²) in [5.41, 5.74) is 0. The molecule has 0 aliphatic carbocycles. The monoisotopic (exact) mass is 278 g/mol. The highest BCUT2D eigenvalue weighted by molar-refractivity contribution is 5.66. The standard InChI is InChI=1S/C18H30O2/c1-2-3-4-5-6-7-8-9-10-11-12-13-14-15-16-17-18(19)20/h3-4,6-7,10-11H,2,5,8-9,12-17H2,1H3,(H,19,20)/b4-3+,7-6+,11-10+. The van der Waals surface area contributed by atoms with Crippen LogP contribution in [0.5, 0.6) is 0 Å². The summed E-state index contributed by atoms with van der Waals surface area (Å²) in [7, 11) is 0. The van der Waals surface area contributed by atoms with Gasteiger partial charge in [-0.2, -0.15) is 0 Å². The summed E-state index contributed by atoms with van der Waals surface area (Å²) in [5, 5.41) is 8.50. The maximum absolute atomic E-state index is 10.3. The predicted octanol–water partition coefficient (Wildman–Crippen LogP) is 5.66. The van der Waals surface area contributed by atoms with Crippen molar-refractivity contribution < 1.29 is 9.90 Å². The zero-order valence-electron chi connectivity index (χ0n) is 12.9. The van der Waals surface area contributed by atoms with Gasteiger partial charge in [0.15, 0.2) is 0 Å². The number of carboxylic acids is 1. The summed E-state index contributed by atoms with van der Waals surface area (Å²) in [6.07, 6.45) is 23.4. The van der Waals surface area contributed by atoms with E-state index >= 15 is 0 Å². The molecular weight excluding hydrogens is 248 g/mol. The Labute approximate surface area is 124 Å². The van der Waals surface area contributed by atoms with Crippen LogP contribution in [0.2, 0.25) is 0 Å². The lowest BCUT2D eigenvalue weighted by Crippen LogP contribution is -1.93. The summed E-state index contributed by atoms with van der Waals surface area (Å²) >= 11 is 0. The van der Waals surface area contributed by atoms with Gasteiger partial charge < -0.3 is 5.11 Å². The molecule has 0 radical (unpaired) electrons. The number of hydrogen-bond donors (Lipinski definition) is 1. The molecule has 0 saturated heterocycles. The highest BCUT2D eigenvalue weighted by Gasteiger charge is 1.95. The number of rotatable bonds is 13. The average Bonchev–Trinajstić information content (AvgIpc) is 2.43. The number of allylic oxidation sites excluding steroid dienone is 6. The van der Waals surface area contributed by atoms with Gasteiger partial charge in [0.05, 0.1) is 0 Å². The maximum Gasteiger partial charge on any atom is 0.303 e. The first-order valence-corrected chi connectivity index (χ1v) is 7.94. The predicted molar refractivity (Wildman–Crippen MR) is 86.9 cm³/mol. The topological polar surface area (TPSA) is 37.3 Å². The smallest absolute Gasteiger partial charge is 0.303 e. The van der Waals surface area contributed by atoms with Crippen LogP contribution < -0.4 is 0 Å². The van der Waals surface area contributed by atoms with Crippen LogP contribution in [0.1, 0.15) is 71.1 Å². The Balaban J connectivity index is 3.24. The van der Waals surface area contributed by atoms with E-state index in [1.54, 1.807) is 0 Å². The summed E-state index contributed by atoms with van der Waals surface area (Å²) in [4.78, 5) is 10.3. The lowest BCUT2D eigenvalue weighted by Gasteiger charge is -1.96. The van der Waals surface area contributed by atoms with Gasteiger partial charge in [-0.3, -0.25) is 4.79 Å². The maximum atomic E-state index is 10.3. The summed E-state index contributed by atoms with van der Waals surface area (Å²) in [5.74, 6) is -0.678. The number of carbonyl (C=O) groups is 1. The van der Waals surface area contributed by atoms with E-state index in [9.17, 15) is 4.79 Å². The Bertz CT molecular complexity index is 301. The number of carboxylic acid groups (broad SMARTS) is 1. The molecule has 0 unspecified atom stereocenters. The van der Waals surface area contributed by atoms with Gasteiger partial charge in [-0.15, -0.1) is 0 Å². The van der Waals surface area contributed by atoms with Crippen LogP contribution in [0.15, 0.2) is 36.5 Å². The third-order valence-electron chi connectivity index (χ3n) is 3.02. The first-order valence-electron chi connectivity index (χ1n) is 7.94. The van der Waals surface area contributed by atoms with E-state index in [0.29, 0.717) is 6.42 Å². The highest BCUT2D eigenvalue weighted by atomic mass is 16.4. The Morgan fingerprint density at radius 3 is 2.10 bits per heavy atom. The third kappa shape index (κ3) is 16.7. The number of hydrogen-bond acceptors (Lipinski definition) is 1. The van der Waals surface area contributed by atoms with Gasteiger partial charge in [-0.1, -0.05) is 56.2 Å². The molecular formula is C18H30O2. The first kappa shape index (κ1) is 18.7. The molecule has 0 bridgehead atoms. The Morgan fingerprint density at radius 2 is 1.40 bits per heavy atom. The van der Waals surface area contributed by atoms with Crippen molar-refractivity contribution in [3.8, 4) is 0 Å². The molecule has 0 aliphatic heterocycles. The zero-order chi connectivity index (χ0) is 14.9. The lowest BCUT2D eigenvalue weighted by molar-refractivity contribution is -0.137. The Kier molecular flexibility index (Phi) is 14.7. The second-order valence-corrected chi connectivity index (χ2v) is 4.98. The molecule has 0 aromatic heterocycles. The van der Waals surface area contributed by atoms with Crippen LogP contribution in [0.4, 0.5) is 0 Å². The van der Waals surface area contributed by atoms with Crippen LogP contribution in [-0.4, -0.2) is 11.1 Å². The molecule has 20 heavy (non-hydrogen) atoms. The van der Waals surface area contributed by atoms with Crippen LogP contribution in [0.3, 0.4) is 0 Å². The van der Waals surface area contributed by atoms with E-state index < -0.39 is 5.97 Å². The molecule has 0 aliphatic rings. The molecule has 0 rings (SSSR count). The fourth-order valence-electron chi connectivity index (χ4n) is 1.88. The molecule has 2 heteroatoms. The van der Waals surface area contributed by atoms with Gasteiger partial charge >= 0.3 is 5.97 Å².